The maximum Gasteiger partial charge on any atom is 0.251 e. The van der Waals surface area contributed by atoms with Gasteiger partial charge in [0, 0.05) is 20.7 Å². The second-order valence-electron chi connectivity index (χ2n) is 4.14. The average molecular weight is 386 g/mol. The van der Waals surface area contributed by atoms with Crippen LogP contribution in [0, 0.1) is 3.57 Å². The Labute approximate surface area is 131 Å². The molecule has 0 heterocycles. The van der Waals surface area contributed by atoms with E-state index in [1.54, 1.807) is 0 Å². The van der Waals surface area contributed by atoms with Gasteiger partial charge in [0.1, 0.15) is 0 Å². The van der Waals surface area contributed by atoms with Gasteiger partial charge in [-0.15, -0.1) is 0 Å². The lowest BCUT2D eigenvalue weighted by atomic mass is 10.1. The highest BCUT2D eigenvalue weighted by Gasteiger charge is 2.04. The second kappa shape index (κ2) is 6.91. The van der Waals surface area contributed by atoms with Crippen LogP contribution in [0.15, 0.2) is 48.5 Å². The monoisotopic (exact) mass is 385 g/mol. The molecule has 0 saturated carbocycles. The summed E-state index contributed by atoms with van der Waals surface area (Å²) >= 11 is 8.02. The molecule has 1 amide bonds. The third kappa shape index (κ3) is 4.51. The van der Waals surface area contributed by atoms with Crippen molar-refractivity contribution in [3.8, 4) is 0 Å². The van der Waals surface area contributed by atoms with E-state index in [2.05, 4.69) is 27.9 Å². The van der Waals surface area contributed by atoms with Gasteiger partial charge in [0.25, 0.3) is 5.91 Å². The van der Waals surface area contributed by atoms with Crippen molar-refractivity contribution in [3.63, 3.8) is 0 Å². The van der Waals surface area contributed by atoms with Crippen molar-refractivity contribution in [2.24, 2.45) is 0 Å². The first-order chi connectivity index (χ1) is 9.15. The quantitative estimate of drug-likeness (QED) is 0.794. The molecule has 0 aliphatic heterocycles. The molecule has 4 heteroatoms. The summed E-state index contributed by atoms with van der Waals surface area (Å²) in [5, 5.41) is 3.64. The van der Waals surface area contributed by atoms with Gasteiger partial charge in [-0.05, 0) is 64.9 Å². The number of nitrogens with one attached hydrogen (secondary N) is 1. The molecule has 19 heavy (non-hydrogen) atoms. The van der Waals surface area contributed by atoms with Crippen molar-refractivity contribution < 1.29 is 4.79 Å². The Balaban J connectivity index is 1.86. The summed E-state index contributed by atoms with van der Waals surface area (Å²) in [7, 11) is 0. The Bertz CT molecular complexity index is 569. The summed E-state index contributed by atoms with van der Waals surface area (Å²) in [5.41, 5.74) is 1.86. The lowest BCUT2D eigenvalue weighted by Gasteiger charge is -2.06. The number of halogens is 2. The van der Waals surface area contributed by atoms with Gasteiger partial charge >= 0.3 is 0 Å². The van der Waals surface area contributed by atoms with Gasteiger partial charge in [0.05, 0.1) is 0 Å². The number of hydrogen-bond acceptors (Lipinski definition) is 1. The Kier molecular flexibility index (Phi) is 5.22. The van der Waals surface area contributed by atoms with Gasteiger partial charge in [0.2, 0.25) is 0 Å². The molecule has 0 unspecified atom stereocenters. The van der Waals surface area contributed by atoms with Gasteiger partial charge in [-0.1, -0.05) is 29.8 Å². The molecule has 0 aliphatic carbocycles. The lowest BCUT2D eigenvalue weighted by molar-refractivity contribution is 0.0954. The predicted molar refractivity (Wildman–Crippen MR) is 86.6 cm³/mol. The number of hydrogen-bond donors (Lipinski definition) is 1. The summed E-state index contributed by atoms with van der Waals surface area (Å²) in [4.78, 5) is 11.9. The molecule has 2 rings (SSSR count). The number of carbonyl (C=O) groups excluding carboxylic acids is 1. The molecule has 0 spiro atoms. The minimum atomic E-state index is -0.0347. The van der Waals surface area contributed by atoms with E-state index in [1.165, 1.54) is 0 Å². The minimum Gasteiger partial charge on any atom is -0.352 e. The molecule has 2 aromatic rings. The van der Waals surface area contributed by atoms with E-state index >= 15 is 0 Å². The largest absolute Gasteiger partial charge is 0.352 e. The maximum absolute atomic E-state index is 11.9. The third-order valence-electron chi connectivity index (χ3n) is 2.70. The Morgan fingerprint density at radius 3 is 2.58 bits per heavy atom. The average Bonchev–Trinajstić information content (AvgIpc) is 2.41. The van der Waals surface area contributed by atoms with Crippen LogP contribution in [0.2, 0.25) is 5.02 Å². The number of amides is 1. The zero-order chi connectivity index (χ0) is 13.7. The van der Waals surface area contributed by atoms with Gasteiger partial charge in [-0.25, -0.2) is 0 Å². The molecule has 2 nitrogen and oxygen atoms in total. The second-order valence-corrected chi connectivity index (χ2v) is 5.82. The number of rotatable bonds is 4. The van der Waals surface area contributed by atoms with E-state index in [1.807, 2.05) is 48.5 Å². The van der Waals surface area contributed by atoms with Crippen LogP contribution >= 0.6 is 34.2 Å². The van der Waals surface area contributed by atoms with Gasteiger partial charge in [-0.3, -0.25) is 4.79 Å². The fourth-order valence-corrected chi connectivity index (χ4v) is 2.37. The molecular weight excluding hydrogens is 373 g/mol. The molecule has 0 aliphatic rings. The predicted octanol–water partition coefficient (Wildman–Crippen LogP) is 3.92. The van der Waals surface area contributed by atoms with Crippen molar-refractivity contribution in [2.45, 2.75) is 6.42 Å². The van der Waals surface area contributed by atoms with Crippen molar-refractivity contribution in [1.29, 1.82) is 0 Å². The van der Waals surface area contributed by atoms with Crippen LogP contribution in [-0.2, 0) is 6.42 Å². The summed E-state index contributed by atoms with van der Waals surface area (Å²) in [6, 6.07) is 15.2. The fourth-order valence-electron chi connectivity index (χ4n) is 1.70. The zero-order valence-electron chi connectivity index (χ0n) is 10.2. The van der Waals surface area contributed by atoms with Crippen LogP contribution in [0.5, 0.6) is 0 Å². The van der Waals surface area contributed by atoms with E-state index in [-0.39, 0.29) is 5.91 Å². The molecule has 0 radical (unpaired) electrons. The molecule has 0 aromatic heterocycles. The van der Waals surface area contributed by atoms with Crippen molar-refractivity contribution in [1.82, 2.24) is 5.32 Å². The highest BCUT2D eigenvalue weighted by atomic mass is 127. The van der Waals surface area contributed by atoms with E-state index in [0.717, 1.165) is 20.6 Å². The van der Waals surface area contributed by atoms with Crippen LogP contribution in [0.1, 0.15) is 15.9 Å². The molecular formula is C15H13ClINO. The molecule has 98 valence electrons. The Morgan fingerprint density at radius 2 is 1.89 bits per heavy atom. The topological polar surface area (TPSA) is 29.1 Å². The third-order valence-corrected chi connectivity index (χ3v) is 3.62. The minimum absolute atomic E-state index is 0.0347. The zero-order valence-corrected chi connectivity index (χ0v) is 13.1. The van der Waals surface area contributed by atoms with Gasteiger partial charge in [-0.2, -0.15) is 0 Å². The Hall–Kier alpha value is -1.07. The summed E-state index contributed by atoms with van der Waals surface area (Å²) in [5.74, 6) is -0.0347. The first-order valence-electron chi connectivity index (χ1n) is 5.93. The molecule has 0 saturated heterocycles. The summed E-state index contributed by atoms with van der Waals surface area (Å²) in [6.07, 6.45) is 0.798. The van der Waals surface area contributed by atoms with Crippen LogP contribution < -0.4 is 5.32 Å². The van der Waals surface area contributed by atoms with Crippen LogP contribution in [-0.4, -0.2) is 12.5 Å². The van der Waals surface area contributed by atoms with Crippen molar-refractivity contribution in [3.05, 3.63) is 68.3 Å². The fraction of sp³-hybridized carbons (Fsp3) is 0.133. The molecule has 0 bridgehead atoms. The van der Waals surface area contributed by atoms with Crippen LogP contribution in [0.4, 0.5) is 0 Å². The number of carbonyl (C=O) groups is 1. The van der Waals surface area contributed by atoms with Crippen LogP contribution in [0.25, 0.3) is 0 Å². The van der Waals surface area contributed by atoms with Gasteiger partial charge in [0.15, 0.2) is 0 Å². The maximum atomic E-state index is 11.9. The van der Waals surface area contributed by atoms with Crippen molar-refractivity contribution >= 4 is 40.1 Å². The molecule has 2 aromatic carbocycles. The van der Waals surface area contributed by atoms with E-state index < -0.39 is 0 Å². The summed E-state index contributed by atoms with van der Waals surface area (Å²) < 4.78 is 1.06. The standard InChI is InChI=1S/C15H13ClINO/c16-13-6-4-11(5-7-13)8-9-18-15(19)12-2-1-3-14(17)10-12/h1-7,10H,8-9H2,(H,18,19). The van der Waals surface area contributed by atoms with Crippen molar-refractivity contribution in [2.75, 3.05) is 6.54 Å². The first-order valence-corrected chi connectivity index (χ1v) is 7.39. The first kappa shape index (κ1) is 14.3. The Morgan fingerprint density at radius 1 is 1.16 bits per heavy atom. The molecule has 0 atom stereocenters. The van der Waals surface area contributed by atoms with Gasteiger partial charge < -0.3 is 5.32 Å². The smallest absolute Gasteiger partial charge is 0.251 e. The van der Waals surface area contributed by atoms with E-state index in [9.17, 15) is 4.79 Å². The normalized spacial score (nSPS) is 10.2. The SMILES string of the molecule is O=C(NCCc1ccc(Cl)cc1)c1cccc(I)c1. The number of benzene rings is 2. The lowest BCUT2D eigenvalue weighted by Crippen LogP contribution is -2.25. The molecule has 0 fully saturated rings. The highest BCUT2D eigenvalue weighted by Crippen LogP contribution is 2.10. The van der Waals surface area contributed by atoms with E-state index in [0.29, 0.717) is 12.1 Å². The summed E-state index contributed by atoms with van der Waals surface area (Å²) in [6.45, 7) is 0.617. The molecule has 1 N–H and O–H groups in total. The van der Waals surface area contributed by atoms with E-state index in [4.69, 9.17) is 11.6 Å². The highest BCUT2D eigenvalue weighted by molar-refractivity contribution is 14.1. The van der Waals surface area contributed by atoms with Crippen LogP contribution in [0.3, 0.4) is 0 Å².